The van der Waals surface area contributed by atoms with Gasteiger partial charge in [-0.05, 0) is 74.6 Å². The van der Waals surface area contributed by atoms with Crippen LogP contribution in [0.1, 0.15) is 56.1 Å². The number of hydrogen-bond donors (Lipinski definition) is 1. The number of hydrogen-bond acceptors (Lipinski definition) is 6. The second kappa shape index (κ2) is 11.6. The lowest BCUT2D eigenvalue weighted by Crippen LogP contribution is -2.42. The molecule has 2 amide bonds. The SMILES string of the molecule is COC(=O)c1sc(-c2ccc(NC(=O)C3C=CSC3)cc2)cc1N(C(=O)[C@H]1CC[C@H](C)CC1)C(C)C. The molecule has 1 aliphatic carbocycles. The van der Waals surface area contributed by atoms with E-state index in [9.17, 15) is 14.4 Å². The van der Waals surface area contributed by atoms with Gasteiger partial charge >= 0.3 is 5.97 Å². The Kier molecular flexibility index (Phi) is 8.57. The van der Waals surface area contributed by atoms with Crippen molar-refractivity contribution in [1.82, 2.24) is 0 Å². The van der Waals surface area contributed by atoms with Crippen molar-refractivity contribution < 1.29 is 19.1 Å². The van der Waals surface area contributed by atoms with Gasteiger partial charge in [-0.3, -0.25) is 9.59 Å². The molecule has 0 saturated heterocycles. The van der Waals surface area contributed by atoms with Crippen LogP contribution in [0.5, 0.6) is 0 Å². The van der Waals surface area contributed by atoms with E-state index in [0.29, 0.717) is 16.5 Å². The molecule has 0 spiro atoms. The van der Waals surface area contributed by atoms with Crippen LogP contribution in [0.15, 0.2) is 41.8 Å². The summed E-state index contributed by atoms with van der Waals surface area (Å²) in [4.78, 5) is 41.9. The third-order valence-electron chi connectivity index (χ3n) is 6.92. The van der Waals surface area contributed by atoms with Gasteiger partial charge in [0.2, 0.25) is 11.8 Å². The van der Waals surface area contributed by atoms with Crippen molar-refractivity contribution in [2.75, 3.05) is 23.1 Å². The van der Waals surface area contributed by atoms with E-state index in [4.69, 9.17) is 4.74 Å². The number of amides is 2. The molecule has 36 heavy (non-hydrogen) atoms. The summed E-state index contributed by atoms with van der Waals surface area (Å²) < 4.78 is 5.09. The van der Waals surface area contributed by atoms with Gasteiger partial charge in [-0.25, -0.2) is 4.79 Å². The number of esters is 1. The zero-order chi connectivity index (χ0) is 25.8. The molecule has 2 aliphatic rings. The Labute approximate surface area is 221 Å². The van der Waals surface area contributed by atoms with Crippen LogP contribution in [0.2, 0.25) is 0 Å². The quantitative estimate of drug-likeness (QED) is 0.412. The minimum absolute atomic E-state index is 0.0152. The van der Waals surface area contributed by atoms with Gasteiger partial charge in [-0.2, -0.15) is 0 Å². The predicted octanol–water partition coefficient (Wildman–Crippen LogP) is 6.58. The molecule has 1 unspecified atom stereocenters. The van der Waals surface area contributed by atoms with Crippen molar-refractivity contribution in [2.24, 2.45) is 17.8 Å². The first-order chi connectivity index (χ1) is 17.3. The Morgan fingerprint density at radius 1 is 1.08 bits per heavy atom. The van der Waals surface area contributed by atoms with Crippen LogP contribution in [0.4, 0.5) is 11.4 Å². The molecular weight excluding hydrogens is 492 g/mol. The third kappa shape index (κ3) is 5.86. The van der Waals surface area contributed by atoms with Gasteiger partial charge in [-0.1, -0.05) is 25.1 Å². The second-order valence-electron chi connectivity index (χ2n) is 9.91. The highest BCUT2D eigenvalue weighted by atomic mass is 32.2. The summed E-state index contributed by atoms with van der Waals surface area (Å²) in [6.07, 6.45) is 5.80. The van der Waals surface area contributed by atoms with Crippen molar-refractivity contribution in [3.8, 4) is 10.4 Å². The minimum Gasteiger partial charge on any atom is -0.465 e. The van der Waals surface area contributed by atoms with E-state index in [1.165, 1.54) is 18.4 Å². The molecule has 1 saturated carbocycles. The van der Waals surface area contributed by atoms with Crippen LogP contribution in [0.3, 0.4) is 0 Å². The lowest BCUT2D eigenvalue weighted by atomic mass is 9.82. The summed E-state index contributed by atoms with van der Waals surface area (Å²) in [6, 6.07) is 9.41. The molecule has 0 bridgehead atoms. The molecule has 6 nitrogen and oxygen atoms in total. The molecule has 8 heteroatoms. The maximum Gasteiger partial charge on any atom is 0.350 e. The van der Waals surface area contributed by atoms with Gasteiger partial charge in [0.05, 0.1) is 18.7 Å². The summed E-state index contributed by atoms with van der Waals surface area (Å²) >= 11 is 2.97. The molecule has 0 radical (unpaired) electrons. The number of thioether (sulfide) groups is 1. The summed E-state index contributed by atoms with van der Waals surface area (Å²) in [7, 11) is 1.37. The Balaban J connectivity index is 1.60. The van der Waals surface area contributed by atoms with E-state index in [2.05, 4.69) is 12.2 Å². The fourth-order valence-electron chi connectivity index (χ4n) is 4.78. The highest BCUT2D eigenvalue weighted by Crippen LogP contribution is 2.40. The summed E-state index contributed by atoms with van der Waals surface area (Å²) in [6.45, 7) is 6.21. The van der Waals surface area contributed by atoms with E-state index in [-0.39, 0.29) is 29.7 Å². The van der Waals surface area contributed by atoms with Gasteiger partial charge < -0.3 is 15.0 Å². The van der Waals surface area contributed by atoms with Crippen LogP contribution < -0.4 is 10.2 Å². The van der Waals surface area contributed by atoms with Gasteiger partial charge in [0.15, 0.2) is 0 Å². The largest absolute Gasteiger partial charge is 0.465 e. The normalized spacial score (nSPS) is 21.4. The number of rotatable bonds is 7. The Morgan fingerprint density at radius 2 is 1.78 bits per heavy atom. The fourth-order valence-corrected chi connectivity index (χ4v) is 6.73. The van der Waals surface area contributed by atoms with Crippen molar-refractivity contribution >= 4 is 52.3 Å². The molecule has 1 fully saturated rings. The molecule has 1 N–H and O–H groups in total. The lowest BCUT2D eigenvalue weighted by molar-refractivity contribution is -0.124. The lowest BCUT2D eigenvalue weighted by Gasteiger charge is -2.33. The number of benzene rings is 1. The number of ether oxygens (including phenoxy) is 1. The topological polar surface area (TPSA) is 75.7 Å². The zero-order valence-electron chi connectivity index (χ0n) is 21.3. The summed E-state index contributed by atoms with van der Waals surface area (Å²) in [5.74, 6) is 0.924. The van der Waals surface area contributed by atoms with Gasteiger partial charge in [0.1, 0.15) is 4.88 Å². The van der Waals surface area contributed by atoms with E-state index in [1.54, 1.807) is 16.7 Å². The van der Waals surface area contributed by atoms with Gasteiger partial charge in [0, 0.05) is 28.3 Å². The number of anilines is 2. The fraction of sp³-hybridized carbons (Fsp3) is 0.464. The maximum absolute atomic E-state index is 13.6. The van der Waals surface area contributed by atoms with Crippen LogP contribution in [-0.4, -0.2) is 36.7 Å². The van der Waals surface area contributed by atoms with Gasteiger partial charge in [-0.15, -0.1) is 23.1 Å². The smallest absolute Gasteiger partial charge is 0.350 e. The molecule has 1 aromatic carbocycles. The number of methoxy groups -OCH3 is 1. The molecule has 1 atom stereocenters. The number of nitrogens with one attached hydrogen (secondary N) is 1. The number of carbonyl (C=O) groups excluding carboxylic acids is 3. The first-order valence-corrected chi connectivity index (χ1v) is 14.4. The number of thiophene rings is 1. The Bertz CT molecular complexity index is 1130. The highest BCUT2D eigenvalue weighted by molar-refractivity contribution is 8.02. The molecule has 1 aliphatic heterocycles. The van der Waals surface area contributed by atoms with E-state index >= 15 is 0 Å². The molecule has 2 heterocycles. The van der Waals surface area contributed by atoms with Crippen LogP contribution >= 0.6 is 23.1 Å². The first kappa shape index (κ1) is 26.5. The maximum atomic E-state index is 13.6. The first-order valence-electron chi connectivity index (χ1n) is 12.5. The highest BCUT2D eigenvalue weighted by Gasteiger charge is 2.33. The average Bonchev–Trinajstić information content (AvgIpc) is 3.55. The van der Waals surface area contributed by atoms with Crippen molar-refractivity contribution in [2.45, 2.75) is 52.5 Å². The number of nitrogens with zero attached hydrogens (tertiary/aromatic N) is 1. The molecule has 1 aromatic heterocycles. The predicted molar refractivity (Wildman–Crippen MR) is 149 cm³/mol. The second-order valence-corrected chi connectivity index (χ2v) is 11.9. The summed E-state index contributed by atoms with van der Waals surface area (Å²) in [5, 5.41) is 4.93. The number of carbonyl (C=O) groups is 3. The minimum atomic E-state index is -0.441. The third-order valence-corrected chi connectivity index (χ3v) is 8.97. The van der Waals surface area contributed by atoms with E-state index in [0.717, 1.165) is 47.6 Å². The van der Waals surface area contributed by atoms with Crippen molar-refractivity contribution in [3.63, 3.8) is 0 Å². The van der Waals surface area contributed by atoms with Crippen LogP contribution in [-0.2, 0) is 14.3 Å². The van der Waals surface area contributed by atoms with E-state index in [1.807, 2.05) is 55.7 Å². The monoisotopic (exact) mass is 526 g/mol. The molecule has 2 aromatic rings. The molecule has 4 rings (SSSR count). The standard InChI is InChI=1S/C28H34N2O4S2/c1-17(2)30(27(32)20-7-5-18(3)6-8-20)23-15-24(36-25(23)28(33)34-4)19-9-11-22(12-10-19)29-26(31)21-13-14-35-16-21/h9-15,17-18,20-21H,5-8,16H2,1-4H3,(H,29,31)/t18-,20-,21?. The molecule has 192 valence electrons. The van der Waals surface area contributed by atoms with Crippen LogP contribution in [0.25, 0.3) is 10.4 Å². The zero-order valence-corrected chi connectivity index (χ0v) is 22.9. The van der Waals surface area contributed by atoms with Crippen molar-refractivity contribution in [1.29, 1.82) is 0 Å². The van der Waals surface area contributed by atoms with Gasteiger partial charge in [0.25, 0.3) is 0 Å². The Hall–Kier alpha value is -2.58. The van der Waals surface area contributed by atoms with Crippen LogP contribution in [0, 0.1) is 17.8 Å². The molecular formula is C28H34N2O4S2. The van der Waals surface area contributed by atoms with E-state index < -0.39 is 5.97 Å². The van der Waals surface area contributed by atoms with Crippen molar-refractivity contribution in [3.05, 3.63) is 46.7 Å². The average molecular weight is 527 g/mol. The summed E-state index contributed by atoms with van der Waals surface area (Å²) in [5.41, 5.74) is 2.25. The Morgan fingerprint density at radius 3 is 2.36 bits per heavy atom.